The van der Waals surface area contributed by atoms with Gasteiger partial charge in [-0.1, -0.05) is 128 Å². The normalized spacial score (nSPS) is 8.93. The predicted octanol–water partition coefficient (Wildman–Crippen LogP) is 8.16. The maximum absolute atomic E-state index is 2.16. The molecule has 0 aliphatic rings. The van der Waals surface area contributed by atoms with Gasteiger partial charge >= 0.3 is 0 Å². The van der Waals surface area contributed by atoms with E-state index in [0.29, 0.717) is 0 Å². The van der Waals surface area contributed by atoms with Gasteiger partial charge in [-0.2, -0.15) is 0 Å². The Morgan fingerprint density at radius 2 is 0.815 bits per heavy atom. The van der Waals surface area contributed by atoms with Gasteiger partial charge < -0.3 is 0 Å². The maximum atomic E-state index is 2.16. The van der Waals surface area contributed by atoms with Crippen LogP contribution in [0.2, 0.25) is 0 Å². The van der Waals surface area contributed by atoms with Gasteiger partial charge in [0.15, 0.2) is 0 Å². The van der Waals surface area contributed by atoms with E-state index in [0.717, 1.165) is 0 Å². The molecule has 0 amide bonds. The molecule has 0 bridgehead atoms. The van der Waals surface area contributed by atoms with Crippen molar-refractivity contribution < 1.29 is 0 Å². The minimum Gasteiger partial charge on any atom is -0.0683 e. The van der Waals surface area contributed by atoms with Crippen molar-refractivity contribution in [1.82, 2.24) is 0 Å². The summed E-state index contributed by atoms with van der Waals surface area (Å²) in [5, 5.41) is 2.68. The summed E-state index contributed by atoms with van der Waals surface area (Å²) in [5.74, 6) is 0. The Bertz CT molecular complexity index is 819. The highest BCUT2D eigenvalue weighted by Crippen LogP contribution is 2.16. The molecule has 0 saturated carbocycles. The second-order valence-corrected chi connectivity index (χ2v) is 6.11. The van der Waals surface area contributed by atoms with Crippen LogP contribution in [0.3, 0.4) is 0 Å². The van der Waals surface area contributed by atoms with Gasteiger partial charge in [-0.05, 0) is 37.1 Å². The first kappa shape index (κ1) is 22.2. The van der Waals surface area contributed by atoms with E-state index in [-0.39, 0.29) is 0 Å². The van der Waals surface area contributed by atoms with E-state index in [1.54, 1.807) is 0 Å². The first-order valence-electron chi connectivity index (χ1n) is 9.64. The summed E-state index contributed by atoms with van der Waals surface area (Å²) in [6.07, 6.45) is 0. The molecular formula is C27H32. The molecule has 0 aromatic heterocycles. The molecule has 27 heavy (non-hydrogen) atoms. The molecule has 0 aliphatic heterocycles. The van der Waals surface area contributed by atoms with Crippen LogP contribution >= 0.6 is 0 Å². The molecule has 0 spiro atoms. The average Bonchev–Trinajstić information content (AvgIpc) is 2.72. The van der Waals surface area contributed by atoms with Crippen LogP contribution in [0.25, 0.3) is 10.8 Å². The summed E-state index contributed by atoms with van der Waals surface area (Å²) >= 11 is 0. The molecule has 0 N–H and O–H groups in total. The summed E-state index contributed by atoms with van der Waals surface area (Å²) < 4.78 is 0. The second kappa shape index (κ2) is 13.4. The molecule has 0 atom stereocenters. The van der Waals surface area contributed by atoms with Gasteiger partial charge in [-0.15, -0.1) is 0 Å². The van der Waals surface area contributed by atoms with E-state index in [9.17, 15) is 0 Å². The quantitative estimate of drug-likeness (QED) is 0.298. The Kier molecular flexibility index (Phi) is 11.0. The number of hydrogen-bond acceptors (Lipinski definition) is 0. The zero-order valence-electron chi connectivity index (χ0n) is 17.3. The Hall–Kier alpha value is -2.86. The van der Waals surface area contributed by atoms with E-state index in [1.165, 1.54) is 27.5 Å². The van der Waals surface area contributed by atoms with Crippen molar-refractivity contribution in [1.29, 1.82) is 0 Å². The lowest BCUT2D eigenvalue weighted by Crippen LogP contribution is -1.75. The van der Waals surface area contributed by atoms with Crippen molar-refractivity contribution >= 4 is 10.8 Å². The monoisotopic (exact) mass is 356 g/mol. The fourth-order valence-corrected chi connectivity index (χ4v) is 2.46. The third kappa shape index (κ3) is 8.87. The van der Waals surface area contributed by atoms with Crippen LogP contribution in [0.1, 0.15) is 30.5 Å². The SMILES string of the molecule is CC.Cc1cccc2ccccc12.Cc1ccccc1.Cc1ccccc1. The molecule has 0 heteroatoms. The Morgan fingerprint density at radius 3 is 1.22 bits per heavy atom. The molecular weight excluding hydrogens is 324 g/mol. The lowest BCUT2D eigenvalue weighted by Gasteiger charge is -1.98. The van der Waals surface area contributed by atoms with Crippen molar-refractivity contribution in [3.05, 3.63) is 120 Å². The standard InChI is InChI=1S/C11H10.2C7H8.C2H6/c1-9-5-4-7-10-6-2-3-8-11(9)10;2*1-7-5-3-2-4-6-7;1-2/h2-8H,1H3;2*2-6H,1H3;1-2H3. The number of fused-ring (bicyclic) bond motifs is 1. The van der Waals surface area contributed by atoms with Gasteiger partial charge in [0.1, 0.15) is 0 Å². The van der Waals surface area contributed by atoms with Gasteiger partial charge in [0.05, 0.1) is 0 Å². The minimum absolute atomic E-state index is 1.32. The van der Waals surface area contributed by atoms with E-state index in [2.05, 4.69) is 87.5 Å². The van der Waals surface area contributed by atoms with Crippen molar-refractivity contribution in [2.24, 2.45) is 0 Å². The van der Waals surface area contributed by atoms with Crippen molar-refractivity contribution in [2.45, 2.75) is 34.6 Å². The molecule has 0 unspecified atom stereocenters. The molecule has 140 valence electrons. The van der Waals surface area contributed by atoms with Gasteiger partial charge in [0, 0.05) is 0 Å². The van der Waals surface area contributed by atoms with Crippen LogP contribution in [-0.2, 0) is 0 Å². The number of benzene rings is 4. The van der Waals surface area contributed by atoms with Crippen LogP contribution in [-0.4, -0.2) is 0 Å². The zero-order chi connectivity index (χ0) is 19.9. The molecule has 0 heterocycles. The first-order chi connectivity index (χ1) is 13.2. The van der Waals surface area contributed by atoms with Gasteiger partial charge in [-0.3, -0.25) is 0 Å². The van der Waals surface area contributed by atoms with Crippen LogP contribution in [0.4, 0.5) is 0 Å². The summed E-state index contributed by atoms with van der Waals surface area (Å²) in [4.78, 5) is 0. The lowest BCUT2D eigenvalue weighted by molar-refractivity contribution is 1.48. The minimum atomic E-state index is 1.32. The molecule has 4 rings (SSSR count). The van der Waals surface area contributed by atoms with E-state index in [4.69, 9.17) is 0 Å². The third-order valence-electron chi connectivity index (χ3n) is 3.89. The molecule has 4 aromatic carbocycles. The van der Waals surface area contributed by atoms with Crippen LogP contribution in [0.15, 0.2) is 103 Å². The molecule has 0 aliphatic carbocycles. The van der Waals surface area contributed by atoms with Crippen LogP contribution < -0.4 is 0 Å². The third-order valence-corrected chi connectivity index (χ3v) is 3.89. The molecule has 0 fully saturated rings. The molecule has 0 nitrogen and oxygen atoms in total. The van der Waals surface area contributed by atoms with Crippen molar-refractivity contribution in [3.8, 4) is 0 Å². The molecule has 0 saturated heterocycles. The Morgan fingerprint density at radius 1 is 0.407 bits per heavy atom. The summed E-state index contributed by atoms with van der Waals surface area (Å²) in [6, 6.07) is 35.3. The topological polar surface area (TPSA) is 0 Å². The fourth-order valence-electron chi connectivity index (χ4n) is 2.46. The summed E-state index contributed by atoms with van der Waals surface area (Å²) in [6.45, 7) is 10.3. The second-order valence-electron chi connectivity index (χ2n) is 6.11. The van der Waals surface area contributed by atoms with Crippen LogP contribution in [0, 0.1) is 20.8 Å². The van der Waals surface area contributed by atoms with E-state index >= 15 is 0 Å². The number of rotatable bonds is 0. The Balaban J connectivity index is 0.000000201. The van der Waals surface area contributed by atoms with Crippen molar-refractivity contribution in [3.63, 3.8) is 0 Å². The van der Waals surface area contributed by atoms with Crippen LogP contribution in [0.5, 0.6) is 0 Å². The van der Waals surface area contributed by atoms with Gasteiger partial charge in [-0.25, -0.2) is 0 Å². The van der Waals surface area contributed by atoms with Gasteiger partial charge in [0.25, 0.3) is 0 Å². The van der Waals surface area contributed by atoms with E-state index in [1.807, 2.05) is 50.2 Å². The smallest absolute Gasteiger partial charge is 0.0155 e. The van der Waals surface area contributed by atoms with Gasteiger partial charge in [0.2, 0.25) is 0 Å². The first-order valence-corrected chi connectivity index (χ1v) is 9.64. The highest BCUT2D eigenvalue weighted by Gasteiger charge is 1.92. The van der Waals surface area contributed by atoms with E-state index < -0.39 is 0 Å². The zero-order valence-corrected chi connectivity index (χ0v) is 17.3. The highest BCUT2D eigenvalue weighted by atomic mass is 14.0. The summed E-state index contributed by atoms with van der Waals surface area (Å²) in [5.41, 5.74) is 3.99. The number of hydrogen-bond donors (Lipinski definition) is 0. The highest BCUT2D eigenvalue weighted by molar-refractivity contribution is 5.85. The predicted molar refractivity (Wildman–Crippen MR) is 122 cm³/mol. The molecule has 0 radical (unpaired) electrons. The largest absolute Gasteiger partial charge is 0.0683 e. The summed E-state index contributed by atoms with van der Waals surface area (Å²) in [7, 11) is 0. The molecule has 4 aromatic rings. The number of aryl methyl sites for hydroxylation is 3. The van der Waals surface area contributed by atoms with Crippen molar-refractivity contribution in [2.75, 3.05) is 0 Å². The Labute approximate surface area is 165 Å². The lowest BCUT2D eigenvalue weighted by atomic mass is 10.1. The fraction of sp³-hybridized carbons (Fsp3) is 0.185. The maximum Gasteiger partial charge on any atom is -0.0155 e. The average molecular weight is 357 g/mol.